The van der Waals surface area contributed by atoms with Crippen molar-refractivity contribution in [2.24, 2.45) is 5.16 Å². The van der Waals surface area contributed by atoms with E-state index in [1.54, 1.807) is 18.3 Å². The van der Waals surface area contributed by atoms with Gasteiger partial charge in [0.2, 0.25) is 16.0 Å². The lowest BCUT2D eigenvalue weighted by Crippen LogP contribution is -2.45. The summed E-state index contributed by atoms with van der Waals surface area (Å²) in [5.74, 6) is 0.416. The van der Waals surface area contributed by atoms with E-state index in [1.165, 1.54) is 34.0 Å². The number of benzene rings is 2. The van der Waals surface area contributed by atoms with Gasteiger partial charge in [-0.25, -0.2) is 23.4 Å². The SMILES string of the molecule is O=S(=O)(c1ccc(Cl)cc1)N1CCC[C@@H](Nc2nccc(-c3c(-c4ccc(/C=N/O)cc4)nc4sccn34)n2)C1. The molecule has 1 saturated heterocycles. The first-order valence-electron chi connectivity index (χ1n) is 12.5. The maximum absolute atomic E-state index is 13.2. The lowest BCUT2D eigenvalue weighted by molar-refractivity contribution is 0.322. The molecule has 0 bridgehead atoms. The number of aromatic nitrogens is 4. The van der Waals surface area contributed by atoms with Gasteiger partial charge in [0.25, 0.3) is 0 Å². The van der Waals surface area contributed by atoms with Crippen LogP contribution in [0.4, 0.5) is 5.95 Å². The van der Waals surface area contributed by atoms with Crippen LogP contribution in [0.25, 0.3) is 27.6 Å². The standard InChI is InChI=1S/C27H24ClN7O3S2/c28-20-7-9-22(10-8-20)40(37,38)34-13-1-2-21(17-34)31-26-29-12-11-23(32-26)25-24(33-27-35(25)14-15-39-27)19-5-3-18(4-6-19)16-30-36/h3-12,14-16,21,36H,1-2,13,17H2,(H,29,31,32)/b30-16+/t21-/m1/s1. The first kappa shape index (κ1) is 26.4. The highest BCUT2D eigenvalue weighted by molar-refractivity contribution is 7.89. The Hall–Kier alpha value is -3.84. The van der Waals surface area contributed by atoms with Gasteiger partial charge in [0.1, 0.15) is 5.69 Å². The van der Waals surface area contributed by atoms with Crippen molar-refractivity contribution >= 4 is 50.1 Å². The first-order valence-corrected chi connectivity index (χ1v) is 15.2. The van der Waals surface area contributed by atoms with E-state index in [9.17, 15) is 8.42 Å². The predicted molar refractivity (Wildman–Crippen MR) is 156 cm³/mol. The summed E-state index contributed by atoms with van der Waals surface area (Å²) in [7, 11) is -3.65. The lowest BCUT2D eigenvalue weighted by Gasteiger charge is -2.32. The Morgan fingerprint density at radius 2 is 1.90 bits per heavy atom. The molecule has 3 aromatic heterocycles. The zero-order chi connectivity index (χ0) is 27.7. The highest BCUT2D eigenvalue weighted by atomic mass is 35.5. The number of oxime groups is 1. The molecule has 10 nitrogen and oxygen atoms in total. The largest absolute Gasteiger partial charge is 0.411 e. The summed E-state index contributed by atoms with van der Waals surface area (Å²) in [5, 5.41) is 17.7. The van der Waals surface area contributed by atoms with Gasteiger partial charge in [-0.3, -0.25) is 4.40 Å². The molecular weight excluding hydrogens is 570 g/mol. The van der Waals surface area contributed by atoms with Crippen LogP contribution in [0.15, 0.2) is 82.4 Å². The molecule has 13 heteroatoms. The summed E-state index contributed by atoms with van der Waals surface area (Å²) in [6.07, 6.45) is 6.51. The van der Waals surface area contributed by atoms with E-state index in [2.05, 4.69) is 15.5 Å². The van der Waals surface area contributed by atoms with Crippen LogP contribution in [-0.2, 0) is 10.0 Å². The molecule has 204 valence electrons. The number of piperidine rings is 1. The van der Waals surface area contributed by atoms with Gasteiger partial charge < -0.3 is 10.5 Å². The van der Waals surface area contributed by atoms with Gasteiger partial charge in [-0.2, -0.15) is 4.31 Å². The van der Waals surface area contributed by atoms with Gasteiger partial charge >= 0.3 is 0 Å². The Kier molecular flexibility index (Phi) is 7.24. The average Bonchev–Trinajstić information content (AvgIpc) is 3.56. The van der Waals surface area contributed by atoms with Crippen molar-refractivity contribution in [3.8, 4) is 22.6 Å². The van der Waals surface area contributed by atoms with Crippen LogP contribution in [0.2, 0.25) is 5.02 Å². The van der Waals surface area contributed by atoms with Crippen LogP contribution in [0.5, 0.6) is 0 Å². The van der Waals surface area contributed by atoms with E-state index in [-0.39, 0.29) is 10.9 Å². The predicted octanol–water partition coefficient (Wildman–Crippen LogP) is 5.25. The normalized spacial score (nSPS) is 16.6. The number of thiazole rings is 1. The molecule has 2 aromatic carbocycles. The van der Waals surface area contributed by atoms with Gasteiger partial charge in [-0.15, -0.1) is 11.3 Å². The van der Waals surface area contributed by atoms with Crippen molar-refractivity contribution in [2.75, 3.05) is 18.4 Å². The van der Waals surface area contributed by atoms with E-state index >= 15 is 0 Å². The van der Waals surface area contributed by atoms with E-state index < -0.39 is 10.0 Å². The van der Waals surface area contributed by atoms with E-state index in [1.807, 2.05) is 46.3 Å². The molecule has 0 amide bonds. The summed E-state index contributed by atoms with van der Waals surface area (Å²) in [6.45, 7) is 0.747. The Bertz CT molecular complexity index is 1790. The van der Waals surface area contributed by atoms with E-state index in [0.717, 1.165) is 33.9 Å². The number of hydrogen-bond acceptors (Lipinski definition) is 9. The second-order valence-corrected chi connectivity index (χ2v) is 12.5. The molecule has 0 unspecified atom stereocenters. The molecule has 0 spiro atoms. The molecule has 0 aliphatic carbocycles. The quantitative estimate of drug-likeness (QED) is 0.150. The van der Waals surface area contributed by atoms with Crippen LogP contribution in [0.1, 0.15) is 18.4 Å². The van der Waals surface area contributed by atoms with Crippen LogP contribution < -0.4 is 5.32 Å². The van der Waals surface area contributed by atoms with Crippen LogP contribution in [0, 0.1) is 0 Å². The third-order valence-corrected chi connectivity index (χ3v) is 9.61. The third-order valence-electron chi connectivity index (χ3n) is 6.72. The van der Waals surface area contributed by atoms with Crippen molar-refractivity contribution in [2.45, 2.75) is 23.8 Å². The number of sulfonamides is 1. The number of nitrogens with zero attached hydrogens (tertiary/aromatic N) is 6. The van der Waals surface area contributed by atoms with Gasteiger partial charge in [0.05, 0.1) is 22.5 Å². The molecule has 1 fully saturated rings. The van der Waals surface area contributed by atoms with Gasteiger partial charge in [-0.1, -0.05) is 41.0 Å². The van der Waals surface area contributed by atoms with Crippen LogP contribution in [-0.4, -0.2) is 62.6 Å². The fourth-order valence-electron chi connectivity index (χ4n) is 4.80. The van der Waals surface area contributed by atoms with Crippen LogP contribution >= 0.6 is 22.9 Å². The van der Waals surface area contributed by atoms with Gasteiger partial charge in [0.15, 0.2) is 4.96 Å². The molecule has 6 rings (SSSR count). The van der Waals surface area contributed by atoms with Crippen LogP contribution in [0.3, 0.4) is 0 Å². The van der Waals surface area contributed by atoms with E-state index in [0.29, 0.717) is 36.2 Å². The molecule has 0 radical (unpaired) electrons. The third kappa shape index (κ3) is 5.18. The zero-order valence-corrected chi connectivity index (χ0v) is 23.4. The molecule has 0 saturated carbocycles. The summed E-state index contributed by atoms with van der Waals surface area (Å²) in [4.78, 5) is 15.1. The number of nitrogens with one attached hydrogen (secondary N) is 1. The molecule has 5 aromatic rings. The maximum atomic E-state index is 13.2. The maximum Gasteiger partial charge on any atom is 0.243 e. The summed E-state index contributed by atoms with van der Waals surface area (Å²) in [6, 6.07) is 15.5. The zero-order valence-electron chi connectivity index (χ0n) is 21.1. The average molecular weight is 594 g/mol. The Balaban J connectivity index is 1.27. The monoisotopic (exact) mass is 593 g/mol. The molecule has 4 heterocycles. The second kappa shape index (κ2) is 11.0. The number of anilines is 1. The number of hydrogen-bond donors (Lipinski definition) is 2. The van der Waals surface area contributed by atoms with Gasteiger partial charge in [-0.05, 0) is 48.7 Å². The van der Waals surface area contributed by atoms with Crippen molar-refractivity contribution in [1.29, 1.82) is 0 Å². The fraction of sp³-hybridized carbons (Fsp3) is 0.185. The number of fused-ring (bicyclic) bond motifs is 1. The Labute approximate surface area is 239 Å². The molecule has 1 aliphatic rings. The molecule has 1 atom stereocenters. The van der Waals surface area contributed by atoms with Crippen molar-refractivity contribution in [1.82, 2.24) is 23.7 Å². The van der Waals surface area contributed by atoms with Crippen molar-refractivity contribution in [3.63, 3.8) is 0 Å². The Morgan fingerprint density at radius 3 is 2.67 bits per heavy atom. The summed E-state index contributed by atoms with van der Waals surface area (Å²) in [5.41, 5.74) is 3.93. The minimum absolute atomic E-state index is 0.155. The summed E-state index contributed by atoms with van der Waals surface area (Å²) >= 11 is 7.47. The number of halogens is 1. The highest BCUT2D eigenvalue weighted by Crippen LogP contribution is 2.34. The minimum atomic E-state index is -3.65. The molecule has 2 N–H and O–H groups in total. The topological polar surface area (TPSA) is 125 Å². The molecule has 40 heavy (non-hydrogen) atoms. The second-order valence-electron chi connectivity index (χ2n) is 9.30. The lowest BCUT2D eigenvalue weighted by atomic mass is 10.1. The van der Waals surface area contributed by atoms with Crippen molar-refractivity contribution < 1.29 is 13.6 Å². The number of imidazole rings is 1. The summed E-state index contributed by atoms with van der Waals surface area (Å²) < 4.78 is 30.0. The molecule has 1 aliphatic heterocycles. The fourth-order valence-corrected chi connectivity index (χ4v) is 7.17. The van der Waals surface area contributed by atoms with E-state index in [4.69, 9.17) is 26.8 Å². The Morgan fingerprint density at radius 1 is 1.10 bits per heavy atom. The smallest absolute Gasteiger partial charge is 0.243 e. The van der Waals surface area contributed by atoms with Crippen molar-refractivity contribution in [3.05, 3.63) is 83.0 Å². The van der Waals surface area contributed by atoms with Gasteiger partial charge in [0, 0.05) is 47.5 Å². The highest BCUT2D eigenvalue weighted by Gasteiger charge is 2.30. The first-order chi connectivity index (χ1) is 19.4. The number of rotatable bonds is 7. The molecular formula is C27H24ClN7O3S2. The minimum Gasteiger partial charge on any atom is -0.411 e.